The molecule has 0 N–H and O–H groups in total. The molecule has 3 heteroatoms. The summed E-state index contributed by atoms with van der Waals surface area (Å²) in [5.74, 6) is 0.436. The molecule has 0 saturated carbocycles. The summed E-state index contributed by atoms with van der Waals surface area (Å²) in [7, 11) is 0. The van der Waals surface area contributed by atoms with Crippen molar-refractivity contribution in [2.24, 2.45) is 4.99 Å². The maximum absolute atomic E-state index is 11.4. The molecule has 0 unspecified atom stereocenters. The predicted molar refractivity (Wildman–Crippen MR) is 50.3 cm³/mol. The van der Waals surface area contributed by atoms with Crippen LogP contribution in [-0.2, 0) is 0 Å². The summed E-state index contributed by atoms with van der Waals surface area (Å²) in [6.45, 7) is 1.93. The van der Waals surface area contributed by atoms with Crippen LogP contribution in [0.3, 0.4) is 0 Å². The van der Waals surface area contributed by atoms with Crippen LogP contribution < -0.4 is 5.32 Å². The predicted octanol–water partition coefficient (Wildman–Crippen LogP) is 1.88. The smallest absolute Gasteiger partial charge is 0.267 e. The Morgan fingerprint density at radius 1 is 1.31 bits per heavy atom. The first-order valence-corrected chi connectivity index (χ1v) is 4.24. The first-order chi connectivity index (χ1) is 6.31. The molecule has 0 atom stereocenters. The fourth-order valence-electron chi connectivity index (χ4n) is 1.25. The van der Waals surface area contributed by atoms with E-state index in [2.05, 4.69) is 10.3 Å². The molecule has 0 spiro atoms. The molecule has 2 rings (SSSR count). The number of amides is 1. The van der Waals surface area contributed by atoms with Gasteiger partial charge in [0.05, 0.1) is 11.3 Å². The third-order valence-electron chi connectivity index (χ3n) is 1.93. The number of hydrogen-bond donors (Lipinski definition) is 0. The first-order valence-electron chi connectivity index (χ1n) is 4.24. The Bertz CT molecular complexity index is 382. The monoisotopic (exact) mass is 173 g/mol. The van der Waals surface area contributed by atoms with Crippen LogP contribution in [0.1, 0.15) is 23.7 Å². The molecule has 1 aromatic rings. The van der Waals surface area contributed by atoms with E-state index in [9.17, 15) is 4.79 Å². The zero-order valence-corrected chi connectivity index (χ0v) is 7.32. The SMILES string of the molecule is CCC1=Nc2ccccc2C(=O)[N]1. The highest BCUT2D eigenvalue weighted by atomic mass is 16.1. The van der Waals surface area contributed by atoms with Gasteiger partial charge in [-0.15, -0.1) is 0 Å². The van der Waals surface area contributed by atoms with Gasteiger partial charge in [0, 0.05) is 6.42 Å². The minimum atomic E-state index is -0.178. The van der Waals surface area contributed by atoms with Crippen molar-refractivity contribution in [2.45, 2.75) is 13.3 Å². The van der Waals surface area contributed by atoms with E-state index in [1.54, 1.807) is 6.07 Å². The van der Waals surface area contributed by atoms with E-state index in [-0.39, 0.29) is 5.91 Å². The lowest BCUT2D eigenvalue weighted by Crippen LogP contribution is -2.25. The van der Waals surface area contributed by atoms with Gasteiger partial charge in [0.1, 0.15) is 5.84 Å². The Labute approximate surface area is 76.5 Å². The van der Waals surface area contributed by atoms with Gasteiger partial charge >= 0.3 is 0 Å². The number of carbonyl (C=O) groups is 1. The lowest BCUT2D eigenvalue weighted by atomic mass is 10.1. The van der Waals surface area contributed by atoms with E-state index >= 15 is 0 Å². The third-order valence-corrected chi connectivity index (χ3v) is 1.93. The highest BCUT2D eigenvalue weighted by Gasteiger charge is 2.18. The van der Waals surface area contributed by atoms with Crippen molar-refractivity contribution in [2.75, 3.05) is 0 Å². The Kier molecular flexibility index (Phi) is 1.85. The maximum atomic E-state index is 11.4. The summed E-state index contributed by atoms with van der Waals surface area (Å²) in [5, 5.41) is 3.85. The van der Waals surface area contributed by atoms with Crippen LogP contribution in [-0.4, -0.2) is 11.7 Å². The Balaban J connectivity index is 2.53. The molecule has 0 aliphatic carbocycles. The van der Waals surface area contributed by atoms with Gasteiger partial charge in [0.15, 0.2) is 0 Å². The minimum absolute atomic E-state index is 0.178. The van der Waals surface area contributed by atoms with Crippen LogP contribution in [0.4, 0.5) is 5.69 Å². The summed E-state index contributed by atoms with van der Waals surface area (Å²) in [5.41, 5.74) is 1.33. The molecule has 13 heavy (non-hydrogen) atoms. The normalized spacial score (nSPS) is 14.5. The molecule has 1 amide bonds. The topological polar surface area (TPSA) is 43.5 Å². The summed E-state index contributed by atoms with van der Waals surface area (Å²) >= 11 is 0. The number of fused-ring (bicyclic) bond motifs is 1. The number of hydrogen-bond acceptors (Lipinski definition) is 2. The molecule has 0 bridgehead atoms. The molecular weight excluding hydrogens is 164 g/mol. The largest absolute Gasteiger partial charge is 0.280 e. The van der Waals surface area contributed by atoms with E-state index in [4.69, 9.17) is 0 Å². The van der Waals surface area contributed by atoms with Gasteiger partial charge in [-0.1, -0.05) is 19.1 Å². The number of aliphatic imine (C=N–C) groups is 1. The second-order valence-electron chi connectivity index (χ2n) is 2.82. The summed E-state index contributed by atoms with van der Waals surface area (Å²) in [6.07, 6.45) is 0.695. The molecule has 1 heterocycles. The Morgan fingerprint density at radius 2 is 2.08 bits per heavy atom. The van der Waals surface area contributed by atoms with Crippen molar-refractivity contribution >= 4 is 17.4 Å². The van der Waals surface area contributed by atoms with Crippen molar-refractivity contribution in [1.82, 2.24) is 5.32 Å². The zero-order valence-electron chi connectivity index (χ0n) is 7.32. The van der Waals surface area contributed by atoms with Crippen LogP contribution in [0.15, 0.2) is 29.3 Å². The van der Waals surface area contributed by atoms with Crippen LogP contribution >= 0.6 is 0 Å². The van der Waals surface area contributed by atoms with Gasteiger partial charge in [-0.05, 0) is 12.1 Å². The Hall–Kier alpha value is -1.64. The number of benzene rings is 1. The third kappa shape index (κ3) is 1.33. The zero-order chi connectivity index (χ0) is 9.26. The van der Waals surface area contributed by atoms with E-state index in [0.717, 1.165) is 5.69 Å². The summed E-state index contributed by atoms with van der Waals surface area (Å²) in [4.78, 5) is 15.7. The van der Waals surface area contributed by atoms with Crippen molar-refractivity contribution in [3.63, 3.8) is 0 Å². The van der Waals surface area contributed by atoms with Crippen LogP contribution in [0.25, 0.3) is 0 Å². The van der Waals surface area contributed by atoms with Gasteiger partial charge in [-0.2, -0.15) is 5.32 Å². The average Bonchev–Trinajstić information content (AvgIpc) is 2.18. The quantitative estimate of drug-likeness (QED) is 0.639. The molecular formula is C10H9N2O. The second-order valence-corrected chi connectivity index (χ2v) is 2.82. The molecule has 0 saturated heterocycles. The highest BCUT2D eigenvalue weighted by molar-refractivity contribution is 6.12. The number of carbonyl (C=O) groups excluding carboxylic acids is 1. The lowest BCUT2D eigenvalue weighted by Gasteiger charge is -2.11. The number of para-hydroxylation sites is 1. The molecule has 0 fully saturated rings. The molecule has 1 radical (unpaired) electrons. The van der Waals surface area contributed by atoms with Crippen LogP contribution in [0.2, 0.25) is 0 Å². The van der Waals surface area contributed by atoms with Gasteiger partial charge in [-0.3, -0.25) is 4.79 Å². The van der Waals surface area contributed by atoms with Crippen molar-refractivity contribution < 1.29 is 4.79 Å². The lowest BCUT2D eigenvalue weighted by molar-refractivity contribution is 0.0971. The van der Waals surface area contributed by atoms with Gasteiger partial charge in [-0.25, -0.2) is 4.99 Å². The van der Waals surface area contributed by atoms with Crippen LogP contribution in [0.5, 0.6) is 0 Å². The molecule has 1 aliphatic rings. The second kappa shape index (κ2) is 3.01. The molecule has 65 valence electrons. The molecule has 1 aromatic carbocycles. The average molecular weight is 173 g/mol. The van der Waals surface area contributed by atoms with Crippen molar-refractivity contribution in [1.29, 1.82) is 0 Å². The molecule has 3 nitrogen and oxygen atoms in total. The number of amidine groups is 1. The number of rotatable bonds is 1. The number of nitrogens with zero attached hydrogens (tertiary/aromatic N) is 2. The van der Waals surface area contributed by atoms with Gasteiger partial charge in [0.2, 0.25) is 0 Å². The minimum Gasteiger partial charge on any atom is -0.267 e. The van der Waals surface area contributed by atoms with E-state index in [1.165, 1.54) is 0 Å². The summed E-state index contributed by atoms with van der Waals surface area (Å²) in [6, 6.07) is 7.27. The van der Waals surface area contributed by atoms with Crippen molar-refractivity contribution in [3.8, 4) is 0 Å². The van der Waals surface area contributed by atoms with E-state index in [0.29, 0.717) is 17.8 Å². The maximum Gasteiger partial charge on any atom is 0.280 e. The summed E-state index contributed by atoms with van der Waals surface area (Å²) < 4.78 is 0. The van der Waals surface area contributed by atoms with E-state index in [1.807, 2.05) is 25.1 Å². The van der Waals surface area contributed by atoms with Crippen molar-refractivity contribution in [3.05, 3.63) is 29.8 Å². The van der Waals surface area contributed by atoms with Gasteiger partial charge < -0.3 is 0 Å². The fraction of sp³-hybridized carbons (Fsp3) is 0.200. The van der Waals surface area contributed by atoms with E-state index < -0.39 is 0 Å². The Morgan fingerprint density at radius 3 is 2.85 bits per heavy atom. The molecule has 1 aliphatic heterocycles. The standard InChI is InChI=1S/C10H9N2O/c1-2-9-11-8-6-4-3-5-7(8)10(13)12-9/h3-6H,2H2,1H3. The first kappa shape index (κ1) is 7.98. The van der Waals surface area contributed by atoms with Crippen LogP contribution in [0, 0.1) is 0 Å². The molecule has 0 aromatic heterocycles. The van der Waals surface area contributed by atoms with Gasteiger partial charge in [0.25, 0.3) is 5.91 Å². The highest BCUT2D eigenvalue weighted by Crippen LogP contribution is 2.22. The fourth-order valence-corrected chi connectivity index (χ4v) is 1.25.